The van der Waals surface area contributed by atoms with Gasteiger partial charge in [-0.15, -0.1) is 0 Å². The van der Waals surface area contributed by atoms with E-state index in [1.54, 1.807) is 23.3 Å². The number of hydrogen-bond donors (Lipinski definition) is 0. The molecule has 0 aromatic rings. The van der Waals surface area contributed by atoms with E-state index in [1.165, 1.54) is 12.3 Å². The summed E-state index contributed by atoms with van der Waals surface area (Å²) < 4.78 is 0. The van der Waals surface area contributed by atoms with Crippen LogP contribution in [0, 0.1) is 5.92 Å². The topological polar surface area (TPSA) is 0 Å². The summed E-state index contributed by atoms with van der Waals surface area (Å²) >= 11 is 0.532. The van der Waals surface area contributed by atoms with E-state index in [2.05, 4.69) is 6.92 Å². The molecular formula is C7H15As. The summed E-state index contributed by atoms with van der Waals surface area (Å²) in [5.41, 5.74) is 0. The maximum absolute atomic E-state index is 2.30. The van der Waals surface area contributed by atoms with Gasteiger partial charge in [0.15, 0.2) is 0 Å². The van der Waals surface area contributed by atoms with Crippen molar-refractivity contribution in [3.63, 3.8) is 0 Å². The first-order valence-electron chi connectivity index (χ1n) is 3.64. The Balaban J connectivity index is 1.74. The molecule has 0 spiro atoms. The van der Waals surface area contributed by atoms with E-state index >= 15 is 0 Å². The molecule has 1 unspecified atom stereocenters. The van der Waals surface area contributed by atoms with Crippen molar-refractivity contribution in [2.24, 2.45) is 5.92 Å². The Morgan fingerprint density at radius 2 is 2.25 bits per heavy atom. The molecule has 1 rings (SSSR count). The van der Waals surface area contributed by atoms with Gasteiger partial charge in [0.1, 0.15) is 0 Å². The summed E-state index contributed by atoms with van der Waals surface area (Å²) in [5, 5.41) is 3.23. The molecule has 0 radical (unpaired) electrons. The molecule has 0 amide bonds. The van der Waals surface area contributed by atoms with Crippen molar-refractivity contribution in [1.82, 2.24) is 0 Å². The van der Waals surface area contributed by atoms with Gasteiger partial charge in [0.05, 0.1) is 0 Å². The van der Waals surface area contributed by atoms with Crippen LogP contribution in [-0.4, -0.2) is 15.8 Å². The van der Waals surface area contributed by atoms with E-state index in [0.29, 0.717) is 15.8 Å². The second-order valence-electron chi connectivity index (χ2n) is 2.65. The zero-order chi connectivity index (χ0) is 5.82. The summed E-state index contributed by atoms with van der Waals surface area (Å²) in [6.07, 6.45) is 4.56. The molecule has 0 aromatic heterocycles. The zero-order valence-corrected chi connectivity index (χ0v) is 7.71. The number of rotatable bonds is 4. The molecule has 8 heavy (non-hydrogen) atoms. The van der Waals surface area contributed by atoms with E-state index in [9.17, 15) is 0 Å². The summed E-state index contributed by atoms with van der Waals surface area (Å²) in [6, 6.07) is 0. The van der Waals surface area contributed by atoms with Gasteiger partial charge in [-0.1, -0.05) is 0 Å². The van der Waals surface area contributed by atoms with Crippen molar-refractivity contribution >= 4 is 15.8 Å². The summed E-state index contributed by atoms with van der Waals surface area (Å²) in [5.74, 6) is 1.21. The van der Waals surface area contributed by atoms with Crippen molar-refractivity contribution in [3.05, 3.63) is 0 Å². The SMILES string of the molecule is CCC[AsH]CC1CC1. The van der Waals surface area contributed by atoms with Gasteiger partial charge in [-0.3, -0.25) is 0 Å². The molecule has 0 heterocycles. The molecule has 0 bridgehead atoms. The van der Waals surface area contributed by atoms with E-state index in [-0.39, 0.29) is 0 Å². The predicted octanol–water partition coefficient (Wildman–Crippen LogP) is 2.08. The molecule has 1 atom stereocenters. The first-order chi connectivity index (χ1) is 3.93. The minimum absolute atomic E-state index is 0.532. The maximum atomic E-state index is 2.30. The third kappa shape index (κ3) is 2.77. The van der Waals surface area contributed by atoms with Gasteiger partial charge < -0.3 is 0 Å². The fourth-order valence-corrected chi connectivity index (χ4v) is 3.69. The minimum atomic E-state index is 0.532. The van der Waals surface area contributed by atoms with E-state index in [0.717, 1.165) is 0 Å². The van der Waals surface area contributed by atoms with Crippen LogP contribution in [0.4, 0.5) is 0 Å². The van der Waals surface area contributed by atoms with E-state index < -0.39 is 0 Å². The van der Waals surface area contributed by atoms with Crippen molar-refractivity contribution in [2.75, 3.05) is 0 Å². The van der Waals surface area contributed by atoms with Crippen LogP contribution in [0.1, 0.15) is 26.2 Å². The average Bonchev–Trinajstić information content (AvgIpc) is 2.51. The van der Waals surface area contributed by atoms with Crippen molar-refractivity contribution in [3.8, 4) is 0 Å². The Labute approximate surface area is 58.7 Å². The molecule has 0 aliphatic heterocycles. The van der Waals surface area contributed by atoms with Crippen LogP contribution in [-0.2, 0) is 0 Å². The van der Waals surface area contributed by atoms with Gasteiger partial charge in [0.2, 0.25) is 0 Å². The van der Waals surface area contributed by atoms with Gasteiger partial charge in [-0.25, -0.2) is 0 Å². The molecule has 1 fully saturated rings. The fourth-order valence-electron chi connectivity index (χ4n) is 0.805. The Kier molecular flexibility index (Phi) is 2.97. The number of hydrogen-bond acceptors (Lipinski definition) is 0. The van der Waals surface area contributed by atoms with Crippen LogP contribution in [0.15, 0.2) is 0 Å². The van der Waals surface area contributed by atoms with Gasteiger partial charge >= 0.3 is 58.3 Å². The van der Waals surface area contributed by atoms with Gasteiger partial charge in [0.25, 0.3) is 0 Å². The van der Waals surface area contributed by atoms with Crippen molar-refractivity contribution in [2.45, 2.75) is 36.6 Å². The van der Waals surface area contributed by atoms with Gasteiger partial charge in [0, 0.05) is 0 Å². The molecule has 0 saturated heterocycles. The second-order valence-corrected chi connectivity index (χ2v) is 5.60. The summed E-state index contributed by atoms with van der Waals surface area (Å²) in [6.45, 7) is 2.30. The second kappa shape index (κ2) is 3.56. The Bertz CT molecular complexity index is 57.4. The molecule has 1 aliphatic rings. The zero-order valence-electron chi connectivity index (χ0n) is 5.61. The quantitative estimate of drug-likeness (QED) is 0.452. The third-order valence-corrected chi connectivity index (χ3v) is 5.16. The fraction of sp³-hybridized carbons (Fsp3) is 1.00. The van der Waals surface area contributed by atoms with E-state index in [1.807, 2.05) is 0 Å². The monoisotopic (exact) mass is 174 g/mol. The molecule has 48 valence electrons. The first kappa shape index (κ1) is 6.68. The van der Waals surface area contributed by atoms with Gasteiger partial charge in [-0.2, -0.15) is 0 Å². The Morgan fingerprint density at radius 1 is 1.50 bits per heavy atom. The van der Waals surface area contributed by atoms with Crippen LogP contribution < -0.4 is 0 Å². The summed E-state index contributed by atoms with van der Waals surface area (Å²) in [4.78, 5) is 0. The summed E-state index contributed by atoms with van der Waals surface area (Å²) in [7, 11) is 0. The molecule has 0 nitrogen and oxygen atoms in total. The van der Waals surface area contributed by atoms with Crippen molar-refractivity contribution in [1.29, 1.82) is 0 Å². The van der Waals surface area contributed by atoms with Crippen LogP contribution >= 0.6 is 0 Å². The Morgan fingerprint density at radius 3 is 2.75 bits per heavy atom. The standard InChI is InChI=1S/C7H15As/c1-2-5-8-6-7-3-4-7/h7-8H,2-6H2,1H3. The molecule has 1 heteroatoms. The normalized spacial score (nSPS) is 20.6. The average molecular weight is 174 g/mol. The molecular weight excluding hydrogens is 159 g/mol. The van der Waals surface area contributed by atoms with Crippen LogP contribution in [0.25, 0.3) is 0 Å². The van der Waals surface area contributed by atoms with Crippen molar-refractivity contribution < 1.29 is 0 Å². The van der Waals surface area contributed by atoms with Crippen LogP contribution in [0.3, 0.4) is 0 Å². The Hall–Kier alpha value is 0.558. The van der Waals surface area contributed by atoms with E-state index in [4.69, 9.17) is 0 Å². The molecule has 0 aromatic carbocycles. The molecule has 1 aliphatic carbocycles. The van der Waals surface area contributed by atoms with Crippen LogP contribution in [0.2, 0.25) is 10.4 Å². The van der Waals surface area contributed by atoms with Gasteiger partial charge in [-0.05, 0) is 0 Å². The third-order valence-electron chi connectivity index (χ3n) is 1.56. The van der Waals surface area contributed by atoms with Crippen LogP contribution in [0.5, 0.6) is 0 Å². The predicted molar refractivity (Wildman–Crippen MR) is 39.8 cm³/mol. The molecule has 0 N–H and O–H groups in total. The first-order valence-corrected chi connectivity index (χ1v) is 6.61. The molecule has 1 saturated carbocycles.